The summed E-state index contributed by atoms with van der Waals surface area (Å²) in [6.45, 7) is 4.36. The monoisotopic (exact) mass is 359 g/mol. The SMILES string of the molecule is CN=C(NCc1ccc([N+](=O)[O-])cc1)N1CCN(c2cccs2)CC1. The highest BCUT2D eigenvalue weighted by Gasteiger charge is 2.20. The average Bonchev–Trinajstić information content (AvgIpc) is 3.18. The lowest BCUT2D eigenvalue weighted by Crippen LogP contribution is -2.52. The number of anilines is 1. The number of nitro benzene ring substituents is 1. The van der Waals surface area contributed by atoms with E-state index in [9.17, 15) is 10.1 Å². The minimum absolute atomic E-state index is 0.109. The van der Waals surface area contributed by atoms with Gasteiger partial charge in [-0.05, 0) is 23.1 Å². The van der Waals surface area contributed by atoms with E-state index in [4.69, 9.17) is 0 Å². The van der Waals surface area contributed by atoms with Crippen molar-refractivity contribution >= 4 is 28.0 Å². The molecule has 2 heterocycles. The molecule has 0 amide bonds. The summed E-state index contributed by atoms with van der Waals surface area (Å²) >= 11 is 1.77. The summed E-state index contributed by atoms with van der Waals surface area (Å²) in [4.78, 5) is 19.3. The summed E-state index contributed by atoms with van der Waals surface area (Å²) in [5, 5.41) is 17.5. The number of aliphatic imine (C=N–C) groups is 1. The second-order valence-corrected chi connectivity index (χ2v) is 6.68. The number of thiophene rings is 1. The Kier molecular flexibility index (Phi) is 5.49. The van der Waals surface area contributed by atoms with Gasteiger partial charge in [0.2, 0.25) is 0 Å². The highest BCUT2D eigenvalue weighted by molar-refractivity contribution is 7.14. The van der Waals surface area contributed by atoms with Gasteiger partial charge in [0.05, 0.1) is 9.92 Å². The molecule has 1 aromatic carbocycles. The van der Waals surface area contributed by atoms with Gasteiger partial charge in [-0.3, -0.25) is 15.1 Å². The van der Waals surface area contributed by atoms with Gasteiger partial charge in [-0.1, -0.05) is 12.1 Å². The third kappa shape index (κ3) is 4.27. The van der Waals surface area contributed by atoms with Gasteiger partial charge >= 0.3 is 0 Å². The average molecular weight is 359 g/mol. The molecule has 0 aliphatic carbocycles. The molecule has 0 radical (unpaired) electrons. The third-order valence-corrected chi connectivity index (χ3v) is 5.14. The summed E-state index contributed by atoms with van der Waals surface area (Å²) in [6.07, 6.45) is 0. The van der Waals surface area contributed by atoms with E-state index in [0.29, 0.717) is 6.54 Å². The van der Waals surface area contributed by atoms with Crippen LogP contribution >= 0.6 is 11.3 Å². The molecule has 132 valence electrons. The van der Waals surface area contributed by atoms with Gasteiger partial charge in [0, 0.05) is 51.9 Å². The molecule has 1 aliphatic rings. The number of rotatable bonds is 4. The highest BCUT2D eigenvalue weighted by atomic mass is 32.1. The first-order valence-corrected chi connectivity index (χ1v) is 9.02. The fourth-order valence-electron chi connectivity index (χ4n) is 2.84. The second-order valence-electron chi connectivity index (χ2n) is 5.75. The molecular weight excluding hydrogens is 338 g/mol. The van der Waals surface area contributed by atoms with Crippen LogP contribution in [-0.2, 0) is 6.54 Å². The molecule has 0 spiro atoms. The summed E-state index contributed by atoms with van der Waals surface area (Å²) in [5.74, 6) is 0.865. The van der Waals surface area contributed by atoms with Gasteiger partial charge in [0.1, 0.15) is 0 Å². The topological polar surface area (TPSA) is 74.0 Å². The quantitative estimate of drug-likeness (QED) is 0.393. The molecule has 0 atom stereocenters. The van der Waals surface area contributed by atoms with Gasteiger partial charge in [0.25, 0.3) is 5.69 Å². The lowest BCUT2D eigenvalue weighted by molar-refractivity contribution is -0.384. The van der Waals surface area contributed by atoms with Crippen LogP contribution in [0.4, 0.5) is 10.7 Å². The van der Waals surface area contributed by atoms with Gasteiger partial charge in [-0.15, -0.1) is 11.3 Å². The zero-order valence-electron chi connectivity index (χ0n) is 14.1. The molecule has 0 unspecified atom stereocenters. The number of hydrogen-bond donors (Lipinski definition) is 1. The number of nitrogens with one attached hydrogen (secondary N) is 1. The van der Waals surface area contributed by atoms with Crippen molar-refractivity contribution in [2.75, 3.05) is 38.1 Å². The Morgan fingerprint density at radius 2 is 1.96 bits per heavy atom. The Bertz CT molecular complexity index is 722. The van der Waals surface area contributed by atoms with E-state index in [1.54, 1.807) is 30.5 Å². The molecule has 1 saturated heterocycles. The number of benzene rings is 1. The summed E-state index contributed by atoms with van der Waals surface area (Å²) in [5.41, 5.74) is 1.10. The van der Waals surface area contributed by atoms with E-state index in [1.165, 1.54) is 17.1 Å². The molecule has 0 bridgehead atoms. The fraction of sp³-hybridized carbons (Fsp3) is 0.353. The lowest BCUT2D eigenvalue weighted by atomic mass is 10.2. The Labute approximate surface area is 150 Å². The van der Waals surface area contributed by atoms with Crippen LogP contribution < -0.4 is 10.2 Å². The molecule has 1 aliphatic heterocycles. The number of hydrogen-bond acceptors (Lipinski definition) is 5. The maximum atomic E-state index is 10.7. The number of nitrogens with zero attached hydrogens (tertiary/aromatic N) is 4. The van der Waals surface area contributed by atoms with Crippen molar-refractivity contribution < 1.29 is 4.92 Å². The van der Waals surface area contributed by atoms with Crippen molar-refractivity contribution in [2.45, 2.75) is 6.54 Å². The Morgan fingerprint density at radius 3 is 2.52 bits per heavy atom. The van der Waals surface area contributed by atoms with E-state index in [0.717, 1.165) is 37.7 Å². The molecule has 1 fully saturated rings. The predicted molar refractivity (Wildman–Crippen MR) is 101 cm³/mol. The molecule has 3 rings (SSSR count). The van der Waals surface area contributed by atoms with Crippen molar-refractivity contribution in [3.8, 4) is 0 Å². The molecule has 7 nitrogen and oxygen atoms in total. The molecule has 25 heavy (non-hydrogen) atoms. The molecule has 1 aromatic heterocycles. The van der Waals surface area contributed by atoms with Crippen molar-refractivity contribution in [2.24, 2.45) is 4.99 Å². The van der Waals surface area contributed by atoms with Crippen molar-refractivity contribution in [3.05, 3.63) is 57.5 Å². The summed E-state index contributed by atoms with van der Waals surface area (Å²) in [7, 11) is 1.78. The van der Waals surface area contributed by atoms with Crippen molar-refractivity contribution in [3.63, 3.8) is 0 Å². The zero-order valence-corrected chi connectivity index (χ0v) is 14.9. The third-order valence-electron chi connectivity index (χ3n) is 4.21. The normalized spacial score (nSPS) is 15.3. The van der Waals surface area contributed by atoms with Crippen LogP contribution in [0.5, 0.6) is 0 Å². The maximum Gasteiger partial charge on any atom is 0.269 e. The minimum atomic E-state index is -0.386. The van der Waals surface area contributed by atoms with Crippen LogP contribution in [0.2, 0.25) is 0 Å². The molecular formula is C17H21N5O2S. The number of guanidine groups is 1. The molecule has 0 saturated carbocycles. The van der Waals surface area contributed by atoms with Crippen molar-refractivity contribution in [1.29, 1.82) is 0 Å². The predicted octanol–water partition coefficient (Wildman–Crippen LogP) is 2.55. The molecule has 1 N–H and O–H groups in total. The first-order chi connectivity index (χ1) is 12.2. The number of nitro groups is 1. The minimum Gasteiger partial charge on any atom is -0.360 e. The van der Waals surface area contributed by atoms with Crippen LogP contribution in [0.1, 0.15) is 5.56 Å². The second kappa shape index (κ2) is 7.98. The van der Waals surface area contributed by atoms with E-state index >= 15 is 0 Å². The molecule has 2 aromatic rings. The largest absolute Gasteiger partial charge is 0.360 e. The first-order valence-electron chi connectivity index (χ1n) is 8.15. The smallest absolute Gasteiger partial charge is 0.269 e. The van der Waals surface area contributed by atoms with Crippen LogP contribution in [-0.4, -0.2) is 49.0 Å². The van der Waals surface area contributed by atoms with Gasteiger partial charge < -0.3 is 15.1 Å². The number of non-ortho nitro benzene ring substituents is 1. The van der Waals surface area contributed by atoms with Crippen LogP contribution in [0, 0.1) is 10.1 Å². The summed E-state index contributed by atoms with van der Waals surface area (Å²) < 4.78 is 0. The first kappa shape index (κ1) is 17.2. The van der Waals surface area contributed by atoms with Crippen LogP contribution in [0.15, 0.2) is 46.8 Å². The molecule has 8 heteroatoms. The zero-order chi connectivity index (χ0) is 17.6. The van der Waals surface area contributed by atoms with Gasteiger partial charge in [0.15, 0.2) is 5.96 Å². The Morgan fingerprint density at radius 1 is 1.24 bits per heavy atom. The van der Waals surface area contributed by atoms with Crippen molar-refractivity contribution in [1.82, 2.24) is 10.2 Å². The summed E-state index contributed by atoms with van der Waals surface area (Å²) in [6, 6.07) is 10.8. The van der Waals surface area contributed by atoms with E-state index < -0.39 is 0 Å². The lowest BCUT2D eigenvalue weighted by Gasteiger charge is -2.37. The van der Waals surface area contributed by atoms with E-state index in [1.807, 2.05) is 0 Å². The standard InChI is InChI=1S/C17H21N5O2S/c1-18-17(19-13-14-4-6-15(7-5-14)22(23)24)21-10-8-20(9-11-21)16-3-2-12-25-16/h2-7,12H,8-11,13H2,1H3,(H,18,19). The Balaban J connectivity index is 1.52. The maximum absolute atomic E-state index is 10.7. The van der Waals surface area contributed by atoms with E-state index in [2.05, 4.69) is 37.6 Å². The Hall–Kier alpha value is -2.61. The highest BCUT2D eigenvalue weighted by Crippen LogP contribution is 2.22. The van der Waals surface area contributed by atoms with E-state index in [-0.39, 0.29) is 10.6 Å². The van der Waals surface area contributed by atoms with Gasteiger partial charge in [-0.2, -0.15) is 0 Å². The van der Waals surface area contributed by atoms with Crippen LogP contribution in [0.25, 0.3) is 0 Å². The van der Waals surface area contributed by atoms with Crippen LogP contribution in [0.3, 0.4) is 0 Å². The number of piperazine rings is 1. The fourth-order valence-corrected chi connectivity index (χ4v) is 3.62. The van der Waals surface area contributed by atoms with Gasteiger partial charge in [-0.25, -0.2) is 0 Å².